The minimum atomic E-state index is -5.29. The number of nitriles is 1. The maximum absolute atomic E-state index is 13.0. The van der Waals surface area contributed by atoms with Gasteiger partial charge in [-0.25, -0.2) is 9.78 Å². The Labute approximate surface area is 245 Å². The predicted molar refractivity (Wildman–Crippen MR) is 151 cm³/mol. The number of nitrogens with zero attached hydrogens (tertiary/aromatic N) is 2. The first-order chi connectivity index (χ1) is 19.8. The van der Waals surface area contributed by atoms with E-state index in [0.717, 1.165) is 17.4 Å². The average molecular weight is 614 g/mol. The molecule has 4 rings (SSSR count). The van der Waals surface area contributed by atoms with Crippen molar-refractivity contribution in [1.82, 2.24) is 4.98 Å². The van der Waals surface area contributed by atoms with Gasteiger partial charge in [-0.2, -0.15) is 18.4 Å². The highest BCUT2D eigenvalue weighted by Crippen LogP contribution is 2.38. The molecule has 1 atom stereocenters. The first kappa shape index (κ1) is 30.2. The van der Waals surface area contributed by atoms with Crippen LogP contribution in [0.5, 0.6) is 5.75 Å². The number of thiophene rings is 1. The number of rotatable bonds is 8. The monoisotopic (exact) mass is 613 g/mol. The Kier molecular flexibility index (Phi) is 8.62. The van der Waals surface area contributed by atoms with Crippen LogP contribution < -0.4 is 21.1 Å². The zero-order chi connectivity index (χ0) is 30.7. The van der Waals surface area contributed by atoms with Gasteiger partial charge in [0.05, 0.1) is 10.6 Å². The third-order valence-corrected chi connectivity index (χ3v) is 6.70. The number of hydrogen-bond acceptors (Lipinski definition) is 9. The van der Waals surface area contributed by atoms with Crippen molar-refractivity contribution in [2.45, 2.75) is 18.8 Å². The minimum absolute atomic E-state index is 0.0760. The van der Waals surface area contributed by atoms with Gasteiger partial charge in [-0.1, -0.05) is 29.8 Å². The van der Waals surface area contributed by atoms with E-state index in [-0.39, 0.29) is 33.2 Å². The minimum Gasteiger partial charge on any atom is -0.419 e. The first-order valence-electron chi connectivity index (χ1n) is 11.8. The van der Waals surface area contributed by atoms with Crippen molar-refractivity contribution in [3.63, 3.8) is 0 Å². The Hall–Kier alpha value is -4.77. The molecule has 2 heterocycles. The number of halogens is 4. The molecule has 0 saturated carbocycles. The molecule has 0 aliphatic rings. The van der Waals surface area contributed by atoms with Crippen molar-refractivity contribution >= 4 is 52.6 Å². The van der Waals surface area contributed by atoms with Gasteiger partial charge in [0.1, 0.15) is 23.0 Å². The molecule has 0 radical (unpaired) electrons. The van der Waals surface area contributed by atoms with E-state index in [0.29, 0.717) is 22.4 Å². The summed E-state index contributed by atoms with van der Waals surface area (Å²) in [5.41, 5.74) is 5.19. The number of alkyl halides is 3. The summed E-state index contributed by atoms with van der Waals surface area (Å²) in [6, 6.07) is 16.5. The van der Waals surface area contributed by atoms with Crippen molar-refractivity contribution < 1.29 is 32.3 Å². The van der Waals surface area contributed by atoms with E-state index in [1.807, 2.05) is 6.07 Å². The molecule has 9 nitrogen and oxygen atoms in total. The van der Waals surface area contributed by atoms with Crippen LogP contribution >= 0.6 is 22.9 Å². The molecule has 0 fully saturated rings. The molecule has 214 valence electrons. The second kappa shape index (κ2) is 12.0. The van der Waals surface area contributed by atoms with Crippen molar-refractivity contribution in [2.24, 2.45) is 5.73 Å². The Bertz CT molecular complexity index is 1720. The zero-order valence-electron chi connectivity index (χ0n) is 21.5. The molecule has 2 aromatic carbocycles. The molecule has 14 heteroatoms. The number of amides is 1. The van der Waals surface area contributed by atoms with Gasteiger partial charge in [-0.3, -0.25) is 9.59 Å². The molecule has 4 N–H and O–H groups in total. The lowest BCUT2D eigenvalue weighted by Gasteiger charge is -2.21. The average Bonchev–Trinajstić information content (AvgIpc) is 3.48. The van der Waals surface area contributed by atoms with Crippen LogP contribution in [0.3, 0.4) is 0 Å². The summed E-state index contributed by atoms with van der Waals surface area (Å²) in [4.78, 5) is 40.6. The molecule has 0 unspecified atom stereocenters. The van der Waals surface area contributed by atoms with Gasteiger partial charge in [-0.05, 0) is 60.3 Å². The molecule has 1 amide bonds. The van der Waals surface area contributed by atoms with Gasteiger partial charge < -0.3 is 21.1 Å². The van der Waals surface area contributed by atoms with Gasteiger partial charge in [0, 0.05) is 21.8 Å². The fraction of sp³-hybridized carbons (Fsp3) is 0.107. The number of carbonyl (C=O) groups is 3. The summed E-state index contributed by atoms with van der Waals surface area (Å²) < 4.78 is 43.7. The van der Waals surface area contributed by atoms with E-state index in [9.17, 15) is 32.8 Å². The smallest absolute Gasteiger partial charge is 0.419 e. The van der Waals surface area contributed by atoms with Crippen LogP contribution in [-0.2, 0) is 9.59 Å². The number of anilines is 2. The fourth-order valence-corrected chi connectivity index (χ4v) is 4.54. The van der Waals surface area contributed by atoms with Gasteiger partial charge in [0.15, 0.2) is 12.1 Å². The largest absolute Gasteiger partial charge is 0.491 e. The molecular weight excluding hydrogens is 595 g/mol. The predicted octanol–water partition coefficient (Wildman–Crippen LogP) is 6.01. The van der Waals surface area contributed by atoms with Crippen LogP contribution in [0.25, 0.3) is 22.4 Å². The fourth-order valence-electron chi connectivity index (χ4n) is 3.75. The highest BCUT2D eigenvalue weighted by molar-refractivity contribution is 7.12. The Morgan fingerprint density at radius 1 is 1.12 bits per heavy atom. The Morgan fingerprint density at radius 2 is 1.88 bits per heavy atom. The maximum atomic E-state index is 13.0. The van der Waals surface area contributed by atoms with Crippen LogP contribution in [0.15, 0.2) is 66.0 Å². The highest BCUT2D eigenvalue weighted by Gasteiger charge is 2.41. The Balaban J connectivity index is 1.93. The van der Waals surface area contributed by atoms with Crippen molar-refractivity contribution in [3.8, 4) is 34.2 Å². The molecule has 4 aromatic rings. The standard InChI is InChI=1S/C28H19ClF3N5O4S/c1-27(34,14-38)37-17-5-2-4-15(10-17)18-12-21(19-11-16(29)7-8-22(19)41-26(40)28(30,31)32)35-24(20(18)13-33)36-25(39)23-6-3-9-42-23/h2-12,14,37H,34H2,1H3,(H,35,36,39)/t27-/m0/s1. The molecule has 2 aromatic heterocycles. The number of aldehydes is 1. The van der Waals surface area contributed by atoms with E-state index in [4.69, 9.17) is 17.3 Å². The lowest BCUT2D eigenvalue weighted by atomic mass is 9.97. The highest BCUT2D eigenvalue weighted by atomic mass is 35.5. The van der Waals surface area contributed by atoms with Crippen LogP contribution in [0.4, 0.5) is 24.7 Å². The summed E-state index contributed by atoms with van der Waals surface area (Å²) in [6.45, 7) is 1.44. The molecular formula is C28H19ClF3N5O4S. The number of carbonyl (C=O) groups excluding carboxylic acids is 3. The maximum Gasteiger partial charge on any atom is 0.491 e. The topological polar surface area (TPSA) is 147 Å². The third-order valence-electron chi connectivity index (χ3n) is 5.59. The molecule has 0 spiro atoms. The second-order valence-electron chi connectivity index (χ2n) is 8.96. The van der Waals surface area contributed by atoms with E-state index in [1.54, 1.807) is 41.8 Å². The summed E-state index contributed by atoms with van der Waals surface area (Å²) >= 11 is 7.27. The van der Waals surface area contributed by atoms with Crippen LogP contribution in [0.2, 0.25) is 5.02 Å². The summed E-state index contributed by atoms with van der Waals surface area (Å²) in [5.74, 6) is -3.79. The summed E-state index contributed by atoms with van der Waals surface area (Å²) in [6.07, 6.45) is -4.78. The number of benzene rings is 2. The summed E-state index contributed by atoms with van der Waals surface area (Å²) in [5, 5.41) is 17.3. The lowest BCUT2D eigenvalue weighted by molar-refractivity contribution is -0.189. The van der Waals surface area contributed by atoms with Gasteiger partial charge in [-0.15, -0.1) is 11.3 Å². The van der Waals surface area contributed by atoms with E-state index < -0.39 is 29.5 Å². The Morgan fingerprint density at radius 3 is 2.52 bits per heavy atom. The molecule has 0 bridgehead atoms. The zero-order valence-corrected chi connectivity index (χ0v) is 23.0. The van der Waals surface area contributed by atoms with Gasteiger partial charge in [0.2, 0.25) is 0 Å². The van der Waals surface area contributed by atoms with Crippen molar-refractivity contribution in [1.29, 1.82) is 5.26 Å². The molecule has 0 aliphatic carbocycles. The van der Waals surface area contributed by atoms with Crippen molar-refractivity contribution in [3.05, 3.63) is 81.5 Å². The number of hydrogen-bond donors (Lipinski definition) is 3. The number of ether oxygens (including phenoxy) is 1. The number of nitrogens with two attached hydrogens (primary N) is 1. The van der Waals surface area contributed by atoms with E-state index in [2.05, 4.69) is 20.4 Å². The third kappa shape index (κ3) is 6.92. The second-order valence-corrected chi connectivity index (χ2v) is 10.3. The van der Waals surface area contributed by atoms with Gasteiger partial charge in [0.25, 0.3) is 5.91 Å². The molecule has 42 heavy (non-hydrogen) atoms. The van der Waals surface area contributed by atoms with Crippen LogP contribution in [-0.4, -0.2) is 35.0 Å². The number of nitrogens with one attached hydrogen (secondary N) is 2. The lowest BCUT2D eigenvalue weighted by Crippen LogP contribution is -2.46. The van der Waals surface area contributed by atoms with Crippen LogP contribution in [0.1, 0.15) is 22.2 Å². The van der Waals surface area contributed by atoms with Gasteiger partial charge >= 0.3 is 12.1 Å². The van der Waals surface area contributed by atoms with E-state index in [1.165, 1.54) is 25.1 Å². The number of pyridine rings is 1. The van der Waals surface area contributed by atoms with Crippen molar-refractivity contribution in [2.75, 3.05) is 10.6 Å². The normalized spacial score (nSPS) is 12.5. The first-order valence-corrected chi connectivity index (χ1v) is 13.1. The molecule has 0 saturated heterocycles. The quantitative estimate of drug-likeness (QED) is 0.0947. The number of esters is 1. The number of aromatic nitrogens is 1. The van der Waals surface area contributed by atoms with Crippen LogP contribution in [0, 0.1) is 11.3 Å². The summed E-state index contributed by atoms with van der Waals surface area (Å²) in [7, 11) is 0. The van der Waals surface area contributed by atoms with E-state index >= 15 is 0 Å². The molecule has 0 aliphatic heterocycles. The SMILES string of the molecule is C[C@@](N)(C=O)Nc1cccc(-c2cc(-c3cc(Cl)ccc3OC(=O)C(F)(F)F)nc(NC(=O)c3cccs3)c2C#N)c1.